The summed E-state index contributed by atoms with van der Waals surface area (Å²) < 4.78 is 65.3. The van der Waals surface area contributed by atoms with Gasteiger partial charge < -0.3 is 10.6 Å². The molecule has 2 N–H and O–H groups in total. The van der Waals surface area contributed by atoms with Gasteiger partial charge in [-0.25, -0.2) is 0 Å². The summed E-state index contributed by atoms with van der Waals surface area (Å²) in [5.41, 5.74) is -0.870. The molecular weight excluding hydrogens is 610 g/mol. The maximum atomic E-state index is 13.0. The van der Waals surface area contributed by atoms with Crippen LogP contribution in [0.3, 0.4) is 0 Å². The van der Waals surface area contributed by atoms with Crippen molar-refractivity contribution in [3.05, 3.63) is 56.1 Å². The first-order chi connectivity index (χ1) is 14.3. The Labute approximate surface area is 204 Å². The van der Waals surface area contributed by atoms with Crippen molar-refractivity contribution in [2.45, 2.75) is 24.3 Å². The Kier molecular flexibility index (Phi) is 7.18. The van der Waals surface area contributed by atoms with Crippen LogP contribution in [0.15, 0.2) is 41.3 Å². The van der Waals surface area contributed by atoms with Crippen LogP contribution in [0.5, 0.6) is 0 Å². The van der Waals surface area contributed by atoms with Crippen molar-refractivity contribution in [2.75, 3.05) is 17.3 Å². The van der Waals surface area contributed by atoms with E-state index in [-0.39, 0.29) is 28.9 Å². The van der Waals surface area contributed by atoms with Crippen LogP contribution in [0.4, 0.5) is 25.1 Å². The number of hydrogen-bond acceptors (Lipinski definition) is 3. The maximum Gasteiger partial charge on any atom is 0.310 e. The van der Waals surface area contributed by atoms with E-state index < -0.39 is 37.5 Å². The highest BCUT2D eigenvalue weighted by atomic mass is 127. The van der Waals surface area contributed by atoms with Gasteiger partial charge in [-0.05, 0) is 73.0 Å². The summed E-state index contributed by atoms with van der Waals surface area (Å²) in [6.45, 7) is 3.63. The summed E-state index contributed by atoms with van der Waals surface area (Å²) >= 11 is 9.14. The van der Waals surface area contributed by atoms with E-state index >= 15 is 0 Å². The summed E-state index contributed by atoms with van der Waals surface area (Å²) in [5, 5.41) is 4.40. The molecule has 0 saturated carbocycles. The molecule has 2 aromatic carbocycles. The number of carbonyl (C=O) groups is 2. The number of carbonyl (C=O) groups excluding carboxylic acids is 2. The quantitative estimate of drug-likeness (QED) is 0.244. The molecule has 0 aromatic heterocycles. The van der Waals surface area contributed by atoms with E-state index in [0.717, 1.165) is 0 Å². The van der Waals surface area contributed by atoms with Gasteiger partial charge in [0, 0.05) is 14.9 Å². The molecule has 0 saturated heterocycles. The SMILES string of the molecule is CSCC(C)(C)NC(=O)c1c(I)cccc1C(=O)Nc1ccc(S(F)(F)(F)(F)F)cc1Cl. The third-order valence-corrected chi connectivity index (χ3v) is 7.44. The second-order valence-corrected chi connectivity index (χ2v) is 12.3. The molecule has 32 heavy (non-hydrogen) atoms. The molecule has 0 aliphatic rings. The van der Waals surface area contributed by atoms with Crippen molar-refractivity contribution < 1.29 is 29.0 Å². The van der Waals surface area contributed by atoms with Gasteiger partial charge in [0.15, 0.2) is 0 Å². The molecular formula is C19H19ClF5IN2O2S2. The predicted octanol–water partition coefficient (Wildman–Crippen LogP) is 7.73. The lowest BCUT2D eigenvalue weighted by Crippen LogP contribution is -2.46. The van der Waals surface area contributed by atoms with Crippen molar-refractivity contribution in [1.29, 1.82) is 0 Å². The average molecular weight is 629 g/mol. The van der Waals surface area contributed by atoms with Gasteiger partial charge in [0.2, 0.25) is 0 Å². The van der Waals surface area contributed by atoms with E-state index in [1.807, 2.05) is 42.7 Å². The zero-order valence-electron chi connectivity index (χ0n) is 16.9. The number of amides is 2. The molecule has 0 heterocycles. The fourth-order valence-corrected chi connectivity index (χ4v) is 5.23. The molecule has 0 fully saturated rings. The van der Waals surface area contributed by atoms with Gasteiger partial charge in [-0.2, -0.15) is 11.8 Å². The summed E-state index contributed by atoms with van der Waals surface area (Å²) in [5.74, 6) is -0.738. The van der Waals surface area contributed by atoms with E-state index in [9.17, 15) is 29.0 Å². The molecule has 2 amide bonds. The van der Waals surface area contributed by atoms with Crippen molar-refractivity contribution >= 4 is 73.7 Å². The summed E-state index contributed by atoms with van der Waals surface area (Å²) in [6.07, 6.45) is 1.88. The lowest BCUT2D eigenvalue weighted by molar-refractivity contribution is 0.0909. The van der Waals surface area contributed by atoms with E-state index in [1.54, 1.807) is 6.07 Å². The van der Waals surface area contributed by atoms with Gasteiger partial charge in [-0.3, -0.25) is 9.59 Å². The Morgan fingerprint density at radius 1 is 1.09 bits per heavy atom. The predicted molar refractivity (Wildman–Crippen MR) is 130 cm³/mol. The first kappa shape index (κ1) is 27.0. The maximum absolute atomic E-state index is 13.0. The van der Waals surface area contributed by atoms with Crippen molar-refractivity contribution in [3.63, 3.8) is 0 Å². The highest BCUT2D eigenvalue weighted by Gasteiger charge is 2.65. The molecule has 13 heteroatoms. The highest BCUT2D eigenvalue weighted by molar-refractivity contribution is 14.1. The molecule has 0 bridgehead atoms. The zero-order chi connectivity index (χ0) is 24.6. The molecule has 0 radical (unpaired) electrons. The fraction of sp³-hybridized carbons (Fsp3) is 0.263. The lowest BCUT2D eigenvalue weighted by atomic mass is 10.0. The monoisotopic (exact) mass is 628 g/mol. The third kappa shape index (κ3) is 6.87. The average Bonchev–Trinajstić information content (AvgIpc) is 2.60. The minimum absolute atomic E-state index is 0.0535. The Morgan fingerprint density at radius 2 is 1.72 bits per heavy atom. The van der Waals surface area contributed by atoms with Crippen LogP contribution in [-0.4, -0.2) is 29.4 Å². The van der Waals surface area contributed by atoms with E-state index in [2.05, 4.69) is 10.6 Å². The third-order valence-electron chi connectivity index (χ3n) is 4.08. The fourth-order valence-electron chi connectivity index (χ4n) is 2.74. The van der Waals surface area contributed by atoms with Gasteiger partial charge >= 0.3 is 10.2 Å². The zero-order valence-corrected chi connectivity index (χ0v) is 21.5. The van der Waals surface area contributed by atoms with Gasteiger partial charge in [0.25, 0.3) is 11.8 Å². The lowest BCUT2D eigenvalue weighted by Gasteiger charge is -2.40. The standard InChI is InChI=1S/C19H19ClF5IN2O2S2/c1-19(2,10-31-3)28-18(30)16-12(5-4-6-14(16)26)17(29)27-15-8-7-11(9-13(15)20)32(21,22,23,24)25/h4-9H,10H2,1-3H3,(H,27,29)(H,28,30). The number of benzene rings is 2. The van der Waals surface area contributed by atoms with Gasteiger partial charge in [-0.1, -0.05) is 37.1 Å². The second-order valence-electron chi connectivity index (χ2n) is 7.50. The number of nitrogens with one attached hydrogen (secondary N) is 2. The van der Waals surface area contributed by atoms with Crippen molar-refractivity contribution in [2.24, 2.45) is 0 Å². The van der Waals surface area contributed by atoms with Crippen LogP contribution in [0, 0.1) is 3.57 Å². The molecule has 2 rings (SSSR count). The topological polar surface area (TPSA) is 58.2 Å². The molecule has 0 unspecified atom stereocenters. The molecule has 0 spiro atoms. The number of thioether (sulfide) groups is 1. The number of halogens is 7. The summed E-state index contributed by atoms with van der Waals surface area (Å²) in [7, 11) is -9.92. The highest BCUT2D eigenvalue weighted by Crippen LogP contribution is 3.02. The van der Waals surface area contributed by atoms with E-state index in [1.165, 1.54) is 23.9 Å². The Bertz CT molecular complexity index is 1080. The first-order valence-electron chi connectivity index (χ1n) is 8.79. The minimum atomic E-state index is -9.92. The second kappa shape index (κ2) is 8.51. The molecule has 0 aliphatic carbocycles. The van der Waals surface area contributed by atoms with E-state index in [0.29, 0.717) is 15.4 Å². The Balaban J connectivity index is 2.38. The molecule has 4 nitrogen and oxygen atoms in total. The number of hydrogen-bond donors (Lipinski definition) is 2. The van der Waals surface area contributed by atoms with Crippen LogP contribution in [0.2, 0.25) is 5.02 Å². The summed E-state index contributed by atoms with van der Waals surface area (Å²) in [6, 6.07) is 5.36. The number of anilines is 1. The molecule has 2 aromatic rings. The Hall–Kier alpha value is -1.25. The van der Waals surface area contributed by atoms with Crippen LogP contribution in [0.25, 0.3) is 0 Å². The van der Waals surface area contributed by atoms with Gasteiger partial charge in [-0.15, -0.1) is 0 Å². The summed E-state index contributed by atoms with van der Waals surface area (Å²) in [4.78, 5) is 23.5. The molecule has 178 valence electrons. The minimum Gasteiger partial charge on any atom is -0.346 e. The Morgan fingerprint density at radius 3 is 2.25 bits per heavy atom. The smallest absolute Gasteiger partial charge is 0.310 e. The van der Waals surface area contributed by atoms with Crippen LogP contribution < -0.4 is 10.6 Å². The van der Waals surface area contributed by atoms with Crippen LogP contribution in [0.1, 0.15) is 34.6 Å². The molecule has 0 aliphatic heterocycles. The largest absolute Gasteiger partial charge is 0.346 e. The van der Waals surface area contributed by atoms with E-state index in [4.69, 9.17) is 11.6 Å². The van der Waals surface area contributed by atoms with Crippen LogP contribution >= 0.6 is 56.2 Å². The first-order valence-corrected chi connectivity index (χ1v) is 13.6. The molecule has 0 atom stereocenters. The van der Waals surface area contributed by atoms with Crippen LogP contribution in [-0.2, 0) is 0 Å². The van der Waals surface area contributed by atoms with Crippen molar-refractivity contribution in [1.82, 2.24) is 5.32 Å². The van der Waals surface area contributed by atoms with Gasteiger partial charge in [0.05, 0.1) is 21.8 Å². The number of rotatable bonds is 7. The normalized spacial score (nSPS) is 14.3. The van der Waals surface area contributed by atoms with Crippen molar-refractivity contribution in [3.8, 4) is 0 Å². The van der Waals surface area contributed by atoms with Gasteiger partial charge in [0.1, 0.15) is 4.90 Å².